The molecule has 4 N–H and O–H groups in total. The van der Waals surface area contributed by atoms with Gasteiger partial charge in [-0.05, 0) is 13.8 Å². The lowest BCUT2D eigenvalue weighted by atomic mass is 10.1. The van der Waals surface area contributed by atoms with Crippen molar-refractivity contribution < 1.29 is 9.32 Å². The molecule has 0 aliphatic rings. The van der Waals surface area contributed by atoms with Crippen LogP contribution in [-0.4, -0.2) is 14.3 Å². The summed E-state index contributed by atoms with van der Waals surface area (Å²) in [4.78, 5) is 3.83. The van der Waals surface area contributed by atoms with Crippen molar-refractivity contribution in [3.63, 3.8) is 0 Å². The minimum atomic E-state index is -3.25. The van der Waals surface area contributed by atoms with Crippen molar-refractivity contribution in [1.29, 1.82) is 4.78 Å². The highest BCUT2D eigenvalue weighted by atomic mass is 32.2. The first-order valence-corrected chi connectivity index (χ1v) is 5.96. The highest BCUT2D eigenvalue weighted by molar-refractivity contribution is 7.92. The van der Waals surface area contributed by atoms with Crippen molar-refractivity contribution in [2.75, 3.05) is 0 Å². The Morgan fingerprint density at radius 1 is 1.77 bits per heavy atom. The Balaban J connectivity index is 3.16. The number of hydrogen-bond donors (Lipinski definition) is 3. The van der Waals surface area contributed by atoms with Gasteiger partial charge in [-0.15, -0.1) is 11.3 Å². The number of rotatable bonds is 2. The van der Waals surface area contributed by atoms with E-state index in [0.717, 1.165) is 11.3 Å². The summed E-state index contributed by atoms with van der Waals surface area (Å²) < 4.78 is 18.1. The van der Waals surface area contributed by atoms with Gasteiger partial charge in [0.05, 0.1) is 5.69 Å². The smallest absolute Gasteiger partial charge is 0.204 e. The Morgan fingerprint density at radius 2 is 2.31 bits per heavy atom. The molecule has 0 aromatic carbocycles. The lowest BCUT2D eigenvalue weighted by molar-refractivity contribution is 0.0741. The molecule has 0 aliphatic carbocycles. The predicted octanol–water partition coefficient (Wildman–Crippen LogP) is 0.650. The van der Waals surface area contributed by atoms with Crippen LogP contribution in [0.2, 0.25) is 0 Å². The quantitative estimate of drug-likeness (QED) is 0.683. The minimum Gasteiger partial charge on any atom is -0.384 e. The molecule has 0 amide bonds. The van der Waals surface area contributed by atoms with E-state index in [2.05, 4.69) is 4.98 Å². The monoisotopic (exact) mass is 221 g/mol. The van der Waals surface area contributed by atoms with Crippen molar-refractivity contribution in [2.24, 2.45) is 5.14 Å². The Bertz CT molecular complexity index is 402. The Labute approximate surface area is 80.7 Å². The first kappa shape index (κ1) is 10.6. The number of nitrogens with two attached hydrogens (primary N) is 1. The van der Waals surface area contributed by atoms with E-state index < -0.39 is 15.5 Å². The zero-order valence-corrected chi connectivity index (χ0v) is 8.91. The summed E-state index contributed by atoms with van der Waals surface area (Å²) in [7, 11) is -3.25. The molecule has 13 heavy (non-hydrogen) atoms. The third-order valence-electron chi connectivity index (χ3n) is 1.37. The van der Waals surface area contributed by atoms with Crippen LogP contribution in [0, 0.1) is 4.78 Å². The van der Waals surface area contributed by atoms with Crippen LogP contribution in [0.15, 0.2) is 9.72 Å². The highest BCUT2D eigenvalue weighted by Crippen LogP contribution is 2.23. The van der Waals surface area contributed by atoms with Gasteiger partial charge in [0.15, 0.2) is 9.92 Å². The van der Waals surface area contributed by atoms with Crippen molar-refractivity contribution in [1.82, 2.24) is 4.98 Å². The SMILES string of the molecule is CC(C)(O)c1csc(S(=N)(N)=O)n1. The molecule has 1 atom stereocenters. The molecule has 0 saturated carbocycles. The molecule has 7 heteroatoms. The molecule has 0 aliphatic heterocycles. The van der Waals surface area contributed by atoms with E-state index >= 15 is 0 Å². The second-order valence-electron chi connectivity index (χ2n) is 3.16. The molecule has 5 nitrogen and oxygen atoms in total. The average Bonchev–Trinajstić information content (AvgIpc) is 2.28. The zero-order valence-electron chi connectivity index (χ0n) is 7.27. The molecule has 0 fully saturated rings. The van der Waals surface area contributed by atoms with E-state index in [1.807, 2.05) is 0 Å². The van der Waals surface area contributed by atoms with Crippen molar-refractivity contribution in [3.05, 3.63) is 11.1 Å². The molecule has 1 unspecified atom stereocenters. The summed E-state index contributed by atoms with van der Waals surface area (Å²) in [5, 5.41) is 16.1. The summed E-state index contributed by atoms with van der Waals surface area (Å²) in [5.74, 6) is 0. The first-order valence-electron chi connectivity index (χ1n) is 3.46. The molecule has 74 valence electrons. The van der Waals surface area contributed by atoms with E-state index in [9.17, 15) is 9.32 Å². The van der Waals surface area contributed by atoms with Gasteiger partial charge in [0.2, 0.25) is 4.34 Å². The Morgan fingerprint density at radius 3 is 2.54 bits per heavy atom. The summed E-state index contributed by atoms with van der Waals surface area (Å²) in [6.45, 7) is 3.13. The lowest BCUT2D eigenvalue weighted by Crippen LogP contribution is -2.17. The highest BCUT2D eigenvalue weighted by Gasteiger charge is 2.21. The maximum atomic E-state index is 11.0. The van der Waals surface area contributed by atoms with Crippen LogP contribution in [0.1, 0.15) is 19.5 Å². The van der Waals surface area contributed by atoms with Crippen LogP contribution in [0.3, 0.4) is 0 Å². The summed E-state index contributed by atoms with van der Waals surface area (Å²) in [5.41, 5.74) is -0.697. The fourth-order valence-corrected chi connectivity index (χ4v) is 2.33. The largest absolute Gasteiger partial charge is 0.384 e. The van der Waals surface area contributed by atoms with Gasteiger partial charge in [-0.3, -0.25) is 0 Å². The number of aliphatic hydroxyl groups is 1. The molecular formula is C6H11N3O2S2. The molecule has 1 aromatic heterocycles. The van der Waals surface area contributed by atoms with Crippen LogP contribution in [0.25, 0.3) is 0 Å². The van der Waals surface area contributed by atoms with Crippen molar-refractivity contribution in [2.45, 2.75) is 23.8 Å². The van der Waals surface area contributed by atoms with Gasteiger partial charge in [0.25, 0.3) is 0 Å². The Kier molecular flexibility index (Phi) is 2.46. The third-order valence-corrected chi connectivity index (χ3v) is 3.64. The second-order valence-corrected chi connectivity index (χ2v) is 5.86. The maximum Gasteiger partial charge on any atom is 0.204 e. The van der Waals surface area contributed by atoms with Crippen LogP contribution in [-0.2, 0) is 15.5 Å². The van der Waals surface area contributed by atoms with Gasteiger partial charge < -0.3 is 5.11 Å². The number of nitrogens with one attached hydrogen (secondary N) is 1. The number of aromatic nitrogens is 1. The summed E-state index contributed by atoms with van der Waals surface area (Å²) >= 11 is 1.02. The van der Waals surface area contributed by atoms with E-state index in [1.165, 1.54) is 0 Å². The van der Waals surface area contributed by atoms with Crippen molar-refractivity contribution in [3.8, 4) is 0 Å². The topological polar surface area (TPSA) is 100 Å². The van der Waals surface area contributed by atoms with E-state index in [-0.39, 0.29) is 4.34 Å². The molecule has 1 heterocycles. The van der Waals surface area contributed by atoms with Crippen LogP contribution in [0.5, 0.6) is 0 Å². The van der Waals surface area contributed by atoms with E-state index in [1.54, 1.807) is 19.2 Å². The lowest BCUT2D eigenvalue weighted by Gasteiger charge is -2.12. The van der Waals surface area contributed by atoms with Crippen molar-refractivity contribution >= 4 is 21.3 Å². The third kappa shape index (κ3) is 2.47. The molecule has 0 saturated heterocycles. The summed E-state index contributed by atoms with van der Waals surface area (Å²) in [6, 6.07) is 0. The first-order chi connectivity index (χ1) is 5.71. The van der Waals surface area contributed by atoms with Gasteiger partial charge in [0.1, 0.15) is 5.60 Å². The van der Waals surface area contributed by atoms with Gasteiger partial charge >= 0.3 is 0 Å². The second kappa shape index (κ2) is 3.02. The van der Waals surface area contributed by atoms with Gasteiger partial charge in [-0.1, -0.05) is 0 Å². The predicted molar refractivity (Wildman–Crippen MR) is 50.7 cm³/mol. The standard InChI is InChI=1S/C6H11N3O2S2/c1-6(2,10)4-3-12-5(9-4)13(7,8)11/h3,10H,1-2H3,(H3,7,8,11). The van der Waals surface area contributed by atoms with Gasteiger partial charge in [-0.25, -0.2) is 19.1 Å². The Hall–Kier alpha value is -0.500. The van der Waals surface area contributed by atoms with Gasteiger partial charge in [0, 0.05) is 5.38 Å². The van der Waals surface area contributed by atoms with Crippen LogP contribution in [0.4, 0.5) is 0 Å². The molecular weight excluding hydrogens is 210 g/mol. The average molecular weight is 221 g/mol. The molecule has 1 aromatic rings. The fraction of sp³-hybridized carbons (Fsp3) is 0.500. The minimum absolute atomic E-state index is 0.0459. The molecule has 0 bridgehead atoms. The van der Waals surface area contributed by atoms with E-state index in [0.29, 0.717) is 5.69 Å². The maximum absolute atomic E-state index is 11.0. The molecule has 1 rings (SSSR count). The zero-order chi connectivity index (χ0) is 10.3. The number of thiazole rings is 1. The number of nitrogens with zero attached hydrogens (tertiary/aromatic N) is 1. The van der Waals surface area contributed by atoms with Gasteiger partial charge in [-0.2, -0.15) is 0 Å². The van der Waals surface area contributed by atoms with E-state index in [4.69, 9.17) is 9.92 Å². The van der Waals surface area contributed by atoms with Crippen LogP contribution < -0.4 is 5.14 Å². The summed E-state index contributed by atoms with van der Waals surface area (Å²) in [6.07, 6.45) is 0. The fourth-order valence-electron chi connectivity index (χ4n) is 0.678. The normalized spacial score (nSPS) is 16.9. The number of hydrogen-bond acceptors (Lipinski definition) is 5. The van der Waals surface area contributed by atoms with Crippen LogP contribution >= 0.6 is 11.3 Å². The molecule has 0 radical (unpaired) electrons. The molecule has 0 spiro atoms.